The van der Waals surface area contributed by atoms with Crippen LogP contribution in [0.15, 0.2) is 11.6 Å². The summed E-state index contributed by atoms with van der Waals surface area (Å²) in [6.07, 6.45) is 18.5. The molecule has 0 bridgehead atoms. The van der Waals surface area contributed by atoms with Gasteiger partial charge in [-0.25, -0.2) is 0 Å². The Morgan fingerprint density at radius 2 is 1.96 bits per heavy atom. The third-order valence-corrected chi connectivity index (χ3v) is 9.16. The van der Waals surface area contributed by atoms with Gasteiger partial charge in [0, 0.05) is 12.8 Å². The summed E-state index contributed by atoms with van der Waals surface area (Å²) >= 11 is 0. The Labute approximate surface area is 154 Å². The van der Waals surface area contributed by atoms with E-state index in [4.69, 9.17) is 6.42 Å². The SMILES string of the molecule is C#CCC(C)C1CCC2C3CCC4=CC(=O)CC[C@]4(C)C3CC[C@]12C. The third kappa shape index (κ3) is 2.47. The fourth-order valence-electron chi connectivity index (χ4n) is 7.86. The van der Waals surface area contributed by atoms with Gasteiger partial charge in [-0.2, -0.15) is 0 Å². The summed E-state index contributed by atoms with van der Waals surface area (Å²) in [4.78, 5) is 11.9. The van der Waals surface area contributed by atoms with E-state index < -0.39 is 0 Å². The molecule has 0 aromatic rings. The largest absolute Gasteiger partial charge is 0.295 e. The molecule has 0 aromatic heterocycles. The molecule has 0 aromatic carbocycles. The van der Waals surface area contributed by atoms with Crippen LogP contribution in [-0.2, 0) is 4.79 Å². The second-order valence-electron chi connectivity index (χ2n) is 10.1. The molecule has 25 heavy (non-hydrogen) atoms. The summed E-state index contributed by atoms with van der Waals surface area (Å²) in [5.74, 6) is 7.33. The molecular formula is C24H34O. The number of fused-ring (bicyclic) bond motifs is 5. The molecule has 0 aliphatic heterocycles. The number of hydrogen-bond acceptors (Lipinski definition) is 1. The molecular weight excluding hydrogens is 304 g/mol. The zero-order valence-corrected chi connectivity index (χ0v) is 16.3. The van der Waals surface area contributed by atoms with Gasteiger partial charge in [0.05, 0.1) is 0 Å². The lowest BCUT2D eigenvalue weighted by molar-refractivity contribution is -0.117. The van der Waals surface area contributed by atoms with E-state index in [0.29, 0.717) is 22.5 Å². The molecule has 0 spiro atoms. The van der Waals surface area contributed by atoms with E-state index in [-0.39, 0.29) is 0 Å². The number of carbonyl (C=O) groups is 1. The minimum Gasteiger partial charge on any atom is -0.295 e. The Morgan fingerprint density at radius 1 is 1.16 bits per heavy atom. The number of carbonyl (C=O) groups excluding carboxylic acids is 1. The van der Waals surface area contributed by atoms with Crippen molar-refractivity contribution in [2.75, 3.05) is 0 Å². The van der Waals surface area contributed by atoms with E-state index in [1.807, 2.05) is 6.08 Å². The van der Waals surface area contributed by atoms with Crippen LogP contribution < -0.4 is 0 Å². The molecule has 0 heterocycles. The molecule has 0 saturated heterocycles. The topological polar surface area (TPSA) is 17.1 Å². The molecule has 0 radical (unpaired) electrons. The highest BCUT2D eigenvalue weighted by atomic mass is 16.1. The normalized spacial score (nSPS) is 47.1. The number of allylic oxidation sites excluding steroid dienone is 1. The first-order chi connectivity index (χ1) is 11.9. The summed E-state index contributed by atoms with van der Waals surface area (Å²) in [6, 6.07) is 0. The monoisotopic (exact) mass is 338 g/mol. The van der Waals surface area contributed by atoms with Crippen LogP contribution in [0.5, 0.6) is 0 Å². The Bertz CT molecular complexity index is 637. The zero-order valence-electron chi connectivity index (χ0n) is 16.3. The maximum absolute atomic E-state index is 11.9. The standard InChI is InChI=1S/C24H34O/c1-5-6-16(2)20-9-10-21-19-8-7-17-15-18(25)11-13-23(17,3)22(19)12-14-24(20,21)4/h1,15-16,19-22H,6-14H2,2-4H3/t16?,19?,20?,21?,22?,23-,24+/m0/s1. The van der Waals surface area contributed by atoms with Gasteiger partial charge in [-0.1, -0.05) is 26.3 Å². The third-order valence-electron chi connectivity index (χ3n) is 9.16. The Balaban J connectivity index is 1.62. The van der Waals surface area contributed by atoms with Crippen molar-refractivity contribution >= 4 is 5.78 Å². The van der Waals surface area contributed by atoms with Crippen molar-refractivity contribution in [3.63, 3.8) is 0 Å². The van der Waals surface area contributed by atoms with Crippen LogP contribution in [0.25, 0.3) is 0 Å². The maximum Gasteiger partial charge on any atom is 0.155 e. The summed E-state index contributed by atoms with van der Waals surface area (Å²) < 4.78 is 0. The molecule has 3 fully saturated rings. The van der Waals surface area contributed by atoms with Crippen LogP contribution in [0.1, 0.15) is 78.6 Å². The lowest BCUT2D eigenvalue weighted by atomic mass is 9.46. The van der Waals surface area contributed by atoms with E-state index >= 15 is 0 Å². The highest BCUT2D eigenvalue weighted by molar-refractivity contribution is 5.91. The Kier molecular flexibility index (Phi) is 4.18. The molecule has 5 unspecified atom stereocenters. The van der Waals surface area contributed by atoms with Crippen LogP contribution in [0.4, 0.5) is 0 Å². The predicted molar refractivity (Wildman–Crippen MR) is 103 cm³/mol. The number of hydrogen-bond donors (Lipinski definition) is 0. The van der Waals surface area contributed by atoms with Gasteiger partial charge in [0.15, 0.2) is 5.78 Å². The van der Waals surface area contributed by atoms with Crippen molar-refractivity contribution in [2.24, 2.45) is 40.4 Å². The Hall–Kier alpha value is -1.03. The predicted octanol–water partition coefficient (Wildman–Crippen LogP) is 5.79. The van der Waals surface area contributed by atoms with Gasteiger partial charge in [-0.3, -0.25) is 4.79 Å². The molecule has 1 heteroatoms. The maximum atomic E-state index is 11.9. The fourth-order valence-corrected chi connectivity index (χ4v) is 7.86. The molecule has 4 aliphatic rings. The van der Waals surface area contributed by atoms with Crippen molar-refractivity contribution < 1.29 is 4.79 Å². The molecule has 4 rings (SSSR count). The van der Waals surface area contributed by atoms with E-state index in [0.717, 1.165) is 42.9 Å². The first kappa shape index (κ1) is 17.4. The average Bonchev–Trinajstić information content (AvgIpc) is 2.93. The van der Waals surface area contributed by atoms with Crippen molar-refractivity contribution in [3.05, 3.63) is 11.6 Å². The highest BCUT2D eigenvalue weighted by Gasteiger charge is 2.59. The van der Waals surface area contributed by atoms with E-state index in [1.165, 1.54) is 44.1 Å². The lowest BCUT2D eigenvalue weighted by Crippen LogP contribution is -2.50. The minimum absolute atomic E-state index is 0.306. The van der Waals surface area contributed by atoms with Crippen molar-refractivity contribution in [2.45, 2.75) is 78.6 Å². The Morgan fingerprint density at radius 3 is 2.72 bits per heavy atom. The van der Waals surface area contributed by atoms with E-state index in [1.54, 1.807) is 0 Å². The van der Waals surface area contributed by atoms with Gasteiger partial charge in [-0.15, -0.1) is 12.3 Å². The van der Waals surface area contributed by atoms with Crippen molar-refractivity contribution in [3.8, 4) is 12.3 Å². The van der Waals surface area contributed by atoms with Gasteiger partial charge < -0.3 is 0 Å². The van der Waals surface area contributed by atoms with Crippen molar-refractivity contribution in [1.29, 1.82) is 0 Å². The van der Waals surface area contributed by atoms with Gasteiger partial charge in [0.25, 0.3) is 0 Å². The van der Waals surface area contributed by atoms with Crippen LogP contribution in [-0.4, -0.2) is 5.78 Å². The smallest absolute Gasteiger partial charge is 0.155 e. The number of rotatable bonds is 2. The minimum atomic E-state index is 0.306. The fraction of sp³-hybridized carbons (Fsp3) is 0.792. The van der Waals surface area contributed by atoms with E-state index in [2.05, 4.69) is 26.7 Å². The second-order valence-corrected chi connectivity index (χ2v) is 10.1. The molecule has 0 amide bonds. The number of terminal acetylenes is 1. The summed E-state index contributed by atoms with van der Waals surface area (Å²) in [5, 5.41) is 0. The van der Waals surface area contributed by atoms with Gasteiger partial charge in [-0.05, 0) is 91.4 Å². The van der Waals surface area contributed by atoms with Gasteiger partial charge in [0.1, 0.15) is 0 Å². The summed E-state index contributed by atoms with van der Waals surface area (Å²) in [7, 11) is 0. The van der Waals surface area contributed by atoms with Crippen LogP contribution in [0.3, 0.4) is 0 Å². The lowest BCUT2D eigenvalue weighted by Gasteiger charge is -2.58. The number of ketones is 1. The van der Waals surface area contributed by atoms with Gasteiger partial charge >= 0.3 is 0 Å². The first-order valence-corrected chi connectivity index (χ1v) is 10.6. The summed E-state index contributed by atoms with van der Waals surface area (Å²) in [5.41, 5.74) is 2.30. The van der Waals surface area contributed by atoms with E-state index in [9.17, 15) is 4.79 Å². The average molecular weight is 339 g/mol. The van der Waals surface area contributed by atoms with Crippen molar-refractivity contribution in [1.82, 2.24) is 0 Å². The van der Waals surface area contributed by atoms with Crippen LogP contribution >= 0.6 is 0 Å². The van der Waals surface area contributed by atoms with Crippen LogP contribution in [0.2, 0.25) is 0 Å². The molecule has 7 atom stereocenters. The molecule has 1 nitrogen and oxygen atoms in total. The first-order valence-electron chi connectivity index (χ1n) is 10.6. The van der Waals surface area contributed by atoms with Gasteiger partial charge in [0.2, 0.25) is 0 Å². The highest BCUT2D eigenvalue weighted by Crippen LogP contribution is 2.67. The molecule has 4 aliphatic carbocycles. The summed E-state index contributed by atoms with van der Waals surface area (Å²) in [6.45, 7) is 7.47. The second kappa shape index (κ2) is 6.00. The zero-order chi connectivity index (χ0) is 17.8. The van der Waals surface area contributed by atoms with Crippen LogP contribution in [0, 0.1) is 52.8 Å². The molecule has 3 saturated carbocycles. The molecule has 136 valence electrons. The molecule has 0 N–H and O–H groups in total. The quantitative estimate of drug-likeness (QED) is 0.582.